The van der Waals surface area contributed by atoms with E-state index in [-0.39, 0.29) is 0 Å². The van der Waals surface area contributed by atoms with Gasteiger partial charge in [0.2, 0.25) is 0 Å². The van der Waals surface area contributed by atoms with Crippen LogP contribution in [-0.4, -0.2) is 19.5 Å². The van der Waals surface area contributed by atoms with Gasteiger partial charge in [0.25, 0.3) is 10.0 Å². The second kappa shape index (κ2) is 5.90. The lowest BCUT2D eigenvalue weighted by Gasteiger charge is -2.11. The van der Waals surface area contributed by atoms with Gasteiger partial charge in [-0.3, -0.25) is 4.72 Å². The zero-order chi connectivity index (χ0) is 16.5. The molecule has 2 aromatic carbocycles. The summed E-state index contributed by atoms with van der Waals surface area (Å²) in [6.45, 7) is 0. The number of para-hydroxylation sites is 1. The normalized spacial score (nSPS) is 11.2. The fourth-order valence-electron chi connectivity index (χ4n) is 1.64. The number of carboxylic acid groups (broad SMARTS) is 1. The number of carbonyl (C=O) groups is 1. The molecule has 0 aromatic heterocycles. The number of carboxylic acids is 1. The maximum atomic E-state index is 13.8. The Kier molecular flexibility index (Phi) is 4.34. The third-order valence-corrected chi connectivity index (χ3v) is 4.35. The SMILES string of the molecule is O=C(O)c1cc(S(=O)(=O)Nc2ccccc2F)c(F)cc1Cl. The Morgan fingerprint density at radius 3 is 2.36 bits per heavy atom. The summed E-state index contributed by atoms with van der Waals surface area (Å²) in [5, 5.41) is 8.45. The summed E-state index contributed by atoms with van der Waals surface area (Å²) in [6, 6.07) is 6.02. The quantitative estimate of drug-likeness (QED) is 0.890. The molecule has 2 aromatic rings. The van der Waals surface area contributed by atoms with Crippen molar-refractivity contribution in [3.63, 3.8) is 0 Å². The topological polar surface area (TPSA) is 83.5 Å². The Balaban J connectivity index is 2.52. The van der Waals surface area contributed by atoms with Crippen molar-refractivity contribution in [1.29, 1.82) is 0 Å². The summed E-state index contributed by atoms with van der Waals surface area (Å²) in [7, 11) is -4.53. The van der Waals surface area contributed by atoms with Crippen LogP contribution in [0, 0.1) is 11.6 Å². The lowest BCUT2D eigenvalue weighted by molar-refractivity contribution is 0.0696. The van der Waals surface area contributed by atoms with Crippen molar-refractivity contribution in [3.8, 4) is 0 Å². The minimum Gasteiger partial charge on any atom is -0.478 e. The van der Waals surface area contributed by atoms with E-state index in [0.717, 1.165) is 12.1 Å². The number of rotatable bonds is 4. The first kappa shape index (κ1) is 16.2. The molecule has 0 amide bonds. The van der Waals surface area contributed by atoms with E-state index in [1.54, 1.807) is 0 Å². The third kappa shape index (κ3) is 3.18. The van der Waals surface area contributed by atoms with Crippen LogP contribution in [0.4, 0.5) is 14.5 Å². The first-order valence-corrected chi connectivity index (χ1v) is 7.58. The molecule has 0 aliphatic heterocycles. The first-order chi connectivity index (χ1) is 10.2. The van der Waals surface area contributed by atoms with E-state index in [1.807, 2.05) is 4.72 Å². The largest absolute Gasteiger partial charge is 0.478 e. The van der Waals surface area contributed by atoms with Crippen molar-refractivity contribution >= 4 is 33.3 Å². The molecule has 0 fully saturated rings. The molecule has 0 atom stereocenters. The van der Waals surface area contributed by atoms with Gasteiger partial charge in [-0.15, -0.1) is 0 Å². The smallest absolute Gasteiger partial charge is 0.337 e. The summed E-state index contributed by atoms with van der Waals surface area (Å²) >= 11 is 5.54. The highest BCUT2D eigenvalue weighted by Crippen LogP contribution is 2.26. The molecule has 116 valence electrons. The highest BCUT2D eigenvalue weighted by Gasteiger charge is 2.24. The van der Waals surface area contributed by atoms with Crippen LogP contribution >= 0.6 is 11.6 Å². The number of benzene rings is 2. The standard InChI is InChI=1S/C13H8ClF2NO4S/c14-8-6-10(16)12(5-7(8)13(18)19)22(20,21)17-11-4-2-1-3-9(11)15/h1-6,17H,(H,18,19). The van der Waals surface area contributed by atoms with Gasteiger partial charge in [-0.05, 0) is 24.3 Å². The van der Waals surface area contributed by atoms with E-state index in [1.165, 1.54) is 12.1 Å². The zero-order valence-electron chi connectivity index (χ0n) is 10.7. The van der Waals surface area contributed by atoms with E-state index < -0.39 is 48.8 Å². The minimum atomic E-state index is -4.53. The van der Waals surface area contributed by atoms with Crippen LogP contribution in [0.2, 0.25) is 5.02 Å². The number of sulfonamides is 1. The highest BCUT2D eigenvalue weighted by atomic mass is 35.5. The maximum absolute atomic E-state index is 13.8. The predicted molar refractivity (Wildman–Crippen MR) is 75.6 cm³/mol. The van der Waals surface area contributed by atoms with E-state index in [9.17, 15) is 22.0 Å². The fraction of sp³-hybridized carbons (Fsp3) is 0. The molecular weight excluding hydrogens is 340 g/mol. The molecule has 0 aliphatic carbocycles. The van der Waals surface area contributed by atoms with Crippen molar-refractivity contribution in [2.75, 3.05) is 4.72 Å². The summed E-state index contributed by atoms with van der Waals surface area (Å²) in [5.41, 5.74) is -0.981. The summed E-state index contributed by atoms with van der Waals surface area (Å²) in [5.74, 6) is -3.63. The van der Waals surface area contributed by atoms with Crippen LogP contribution in [0.3, 0.4) is 0 Å². The van der Waals surface area contributed by atoms with Gasteiger partial charge in [-0.2, -0.15) is 0 Å². The van der Waals surface area contributed by atoms with Gasteiger partial charge in [-0.25, -0.2) is 22.0 Å². The van der Waals surface area contributed by atoms with Gasteiger partial charge < -0.3 is 5.11 Å². The van der Waals surface area contributed by atoms with Crippen LogP contribution in [0.15, 0.2) is 41.3 Å². The fourth-order valence-corrected chi connectivity index (χ4v) is 3.03. The zero-order valence-corrected chi connectivity index (χ0v) is 12.3. The number of aromatic carboxylic acids is 1. The number of hydrogen-bond acceptors (Lipinski definition) is 3. The lowest BCUT2D eigenvalue weighted by atomic mass is 10.2. The molecular formula is C13H8ClF2NO4S. The molecule has 0 spiro atoms. The summed E-state index contributed by atoms with van der Waals surface area (Å²) in [6.07, 6.45) is 0. The van der Waals surface area contributed by atoms with Gasteiger partial charge in [-0.1, -0.05) is 23.7 Å². The second-order valence-corrected chi connectivity index (χ2v) is 6.21. The Morgan fingerprint density at radius 2 is 1.77 bits per heavy atom. The number of halogens is 3. The van der Waals surface area contributed by atoms with Gasteiger partial charge in [0, 0.05) is 0 Å². The first-order valence-electron chi connectivity index (χ1n) is 5.72. The Morgan fingerprint density at radius 1 is 1.14 bits per heavy atom. The van der Waals surface area contributed by atoms with E-state index in [4.69, 9.17) is 16.7 Å². The number of anilines is 1. The van der Waals surface area contributed by atoms with Crippen molar-refractivity contribution < 1.29 is 27.1 Å². The lowest BCUT2D eigenvalue weighted by Crippen LogP contribution is -2.16. The number of hydrogen-bond donors (Lipinski definition) is 2. The van der Waals surface area contributed by atoms with Crippen molar-refractivity contribution in [3.05, 3.63) is 58.6 Å². The third-order valence-electron chi connectivity index (χ3n) is 2.66. The van der Waals surface area contributed by atoms with E-state index in [0.29, 0.717) is 12.1 Å². The highest BCUT2D eigenvalue weighted by molar-refractivity contribution is 7.92. The molecule has 0 saturated heterocycles. The van der Waals surface area contributed by atoms with E-state index in [2.05, 4.69) is 0 Å². The van der Waals surface area contributed by atoms with Crippen LogP contribution < -0.4 is 4.72 Å². The molecule has 0 bridgehead atoms. The Labute approximate surface area is 129 Å². The molecule has 22 heavy (non-hydrogen) atoms. The van der Waals surface area contributed by atoms with Gasteiger partial charge in [0.1, 0.15) is 16.5 Å². The Hall–Kier alpha value is -2.19. The number of nitrogens with one attached hydrogen (secondary N) is 1. The monoisotopic (exact) mass is 347 g/mol. The average Bonchev–Trinajstić information content (AvgIpc) is 2.40. The van der Waals surface area contributed by atoms with Crippen LogP contribution in [-0.2, 0) is 10.0 Å². The molecule has 0 saturated carbocycles. The minimum absolute atomic E-state index is 0.395. The van der Waals surface area contributed by atoms with Gasteiger partial charge in [0.05, 0.1) is 16.3 Å². The molecule has 2 N–H and O–H groups in total. The van der Waals surface area contributed by atoms with Crippen LogP contribution in [0.25, 0.3) is 0 Å². The second-order valence-electron chi connectivity index (χ2n) is 4.15. The maximum Gasteiger partial charge on any atom is 0.337 e. The molecule has 2 rings (SSSR count). The van der Waals surface area contributed by atoms with Crippen molar-refractivity contribution in [2.24, 2.45) is 0 Å². The van der Waals surface area contributed by atoms with Gasteiger partial charge in [0.15, 0.2) is 0 Å². The molecule has 0 aliphatic rings. The molecule has 0 unspecified atom stereocenters. The Bertz CT molecular complexity index is 855. The van der Waals surface area contributed by atoms with E-state index >= 15 is 0 Å². The van der Waals surface area contributed by atoms with Crippen molar-refractivity contribution in [2.45, 2.75) is 4.90 Å². The molecule has 5 nitrogen and oxygen atoms in total. The van der Waals surface area contributed by atoms with Crippen molar-refractivity contribution in [1.82, 2.24) is 0 Å². The predicted octanol–water partition coefficient (Wildman–Crippen LogP) is 3.12. The van der Waals surface area contributed by atoms with Gasteiger partial charge >= 0.3 is 5.97 Å². The molecule has 9 heteroatoms. The molecule has 0 heterocycles. The average molecular weight is 348 g/mol. The van der Waals surface area contributed by atoms with Crippen LogP contribution in [0.5, 0.6) is 0 Å². The van der Waals surface area contributed by atoms with Crippen LogP contribution in [0.1, 0.15) is 10.4 Å². The summed E-state index contributed by atoms with van der Waals surface area (Å²) < 4.78 is 53.3. The summed E-state index contributed by atoms with van der Waals surface area (Å²) in [4.78, 5) is 10.00. The molecule has 0 radical (unpaired) electrons.